The molecule has 2 aromatic rings. The first-order valence-electron chi connectivity index (χ1n) is 6.66. The fourth-order valence-corrected chi connectivity index (χ4v) is 2.12. The zero-order valence-electron chi connectivity index (χ0n) is 12.2. The van der Waals surface area contributed by atoms with Gasteiger partial charge >= 0.3 is 0 Å². The summed E-state index contributed by atoms with van der Waals surface area (Å²) in [6.07, 6.45) is 0. The number of hydrogen-bond donors (Lipinski definition) is 2. The number of carbonyl (C=O) groups is 1. The number of hydrogen-bond acceptors (Lipinski definition) is 4. The third kappa shape index (κ3) is 3.92. The van der Waals surface area contributed by atoms with Gasteiger partial charge in [0.25, 0.3) is 5.91 Å². The highest BCUT2D eigenvalue weighted by Crippen LogP contribution is 2.18. The summed E-state index contributed by atoms with van der Waals surface area (Å²) in [7, 11) is 0. The molecule has 0 saturated carbocycles. The van der Waals surface area contributed by atoms with E-state index in [2.05, 4.69) is 20.6 Å². The van der Waals surface area contributed by atoms with E-state index in [4.69, 9.17) is 11.6 Å². The summed E-state index contributed by atoms with van der Waals surface area (Å²) in [5.41, 5.74) is 2.82. The second-order valence-electron chi connectivity index (χ2n) is 4.63. The molecule has 110 valence electrons. The summed E-state index contributed by atoms with van der Waals surface area (Å²) >= 11 is 5.94. The van der Waals surface area contributed by atoms with Crippen molar-refractivity contribution in [2.24, 2.45) is 0 Å². The Labute approximate surface area is 128 Å². The van der Waals surface area contributed by atoms with Crippen molar-refractivity contribution in [1.82, 2.24) is 9.97 Å². The Morgan fingerprint density at radius 3 is 2.67 bits per heavy atom. The van der Waals surface area contributed by atoms with Crippen LogP contribution in [0, 0.1) is 13.8 Å². The van der Waals surface area contributed by atoms with Gasteiger partial charge in [-0.15, -0.1) is 0 Å². The molecule has 2 heterocycles. The summed E-state index contributed by atoms with van der Waals surface area (Å²) in [4.78, 5) is 20.7. The molecule has 21 heavy (non-hydrogen) atoms. The van der Waals surface area contributed by atoms with E-state index in [1.165, 1.54) is 6.07 Å². The van der Waals surface area contributed by atoms with Gasteiger partial charge in [0.2, 0.25) is 0 Å². The molecule has 0 aliphatic rings. The second kappa shape index (κ2) is 6.54. The number of halogens is 1. The lowest BCUT2D eigenvalue weighted by Gasteiger charge is -2.10. The molecule has 6 heteroatoms. The van der Waals surface area contributed by atoms with Crippen LogP contribution in [0.3, 0.4) is 0 Å². The molecule has 0 saturated heterocycles. The molecule has 0 spiro atoms. The maximum atomic E-state index is 12.3. The first-order chi connectivity index (χ1) is 9.99. The normalized spacial score (nSPS) is 10.3. The van der Waals surface area contributed by atoms with Crippen molar-refractivity contribution >= 4 is 29.0 Å². The first-order valence-corrected chi connectivity index (χ1v) is 7.04. The van der Waals surface area contributed by atoms with Crippen LogP contribution in [0.25, 0.3) is 0 Å². The van der Waals surface area contributed by atoms with E-state index in [9.17, 15) is 4.79 Å². The van der Waals surface area contributed by atoms with E-state index in [0.29, 0.717) is 23.6 Å². The number of aromatic nitrogens is 2. The van der Waals surface area contributed by atoms with Crippen LogP contribution in [0.15, 0.2) is 24.3 Å². The number of pyridine rings is 2. The van der Waals surface area contributed by atoms with Gasteiger partial charge in [-0.2, -0.15) is 0 Å². The lowest BCUT2D eigenvalue weighted by atomic mass is 10.2. The molecule has 0 bridgehead atoms. The predicted molar refractivity (Wildman–Crippen MR) is 85.1 cm³/mol. The van der Waals surface area contributed by atoms with Crippen LogP contribution in [-0.2, 0) is 0 Å². The van der Waals surface area contributed by atoms with Gasteiger partial charge < -0.3 is 10.6 Å². The van der Waals surface area contributed by atoms with E-state index in [1.807, 2.05) is 32.9 Å². The minimum Gasteiger partial charge on any atom is -0.370 e. The molecule has 0 aliphatic heterocycles. The Morgan fingerprint density at radius 1 is 1.24 bits per heavy atom. The van der Waals surface area contributed by atoms with E-state index in [-0.39, 0.29) is 11.1 Å². The Balaban J connectivity index is 2.23. The maximum Gasteiger partial charge on any atom is 0.255 e. The molecule has 0 fully saturated rings. The van der Waals surface area contributed by atoms with Gasteiger partial charge in [0.1, 0.15) is 11.0 Å². The smallest absolute Gasteiger partial charge is 0.255 e. The summed E-state index contributed by atoms with van der Waals surface area (Å²) in [5, 5.41) is 6.15. The third-order valence-electron chi connectivity index (χ3n) is 2.89. The highest BCUT2D eigenvalue weighted by molar-refractivity contribution is 6.30. The van der Waals surface area contributed by atoms with Gasteiger partial charge in [0.15, 0.2) is 0 Å². The zero-order valence-corrected chi connectivity index (χ0v) is 13.0. The van der Waals surface area contributed by atoms with Crippen LogP contribution in [0.4, 0.5) is 11.5 Å². The van der Waals surface area contributed by atoms with E-state index in [0.717, 1.165) is 11.4 Å². The first kappa shape index (κ1) is 15.3. The van der Waals surface area contributed by atoms with Gasteiger partial charge in [-0.1, -0.05) is 11.6 Å². The highest BCUT2D eigenvalue weighted by Gasteiger charge is 2.11. The number of nitrogens with one attached hydrogen (secondary N) is 2. The molecule has 5 nitrogen and oxygen atoms in total. The van der Waals surface area contributed by atoms with Crippen molar-refractivity contribution in [3.63, 3.8) is 0 Å². The average molecular weight is 305 g/mol. The molecule has 2 N–H and O–H groups in total. The summed E-state index contributed by atoms with van der Waals surface area (Å²) < 4.78 is 0. The summed E-state index contributed by atoms with van der Waals surface area (Å²) in [6, 6.07) is 6.89. The van der Waals surface area contributed by atoms with Crippen LogP contribution in [0.5, 0.6) is 0 Å². The molecule has 0 aromatic carbocycles. The van der Waals surface area contributed by atoms with Crippen molar-refractivity contribution in [3.8, 4) is 0 Å². The minimum absolute atomic E-state index is 0.243. The Kier molecular flexibility index (Phi) is 4.75. The van der Waals surface area contributed by atoms with Crippen molar-refractivity contribution in [3.05, 3.63) is 46.4 Å². The lowest BCUT2D eigenvalue weighted by molar-refractivity contribution is 0.102. The van der Waals surface area contributed by atoms with E-state index >= 15 is 0 Å². The Hall–Kier alpha value is -2.14. The minimum atomic E-state index is -0.243. The molecule has 1 amide bonds. The fraction of sp³-hybridized carbons (Fsp3) is 0.267. The van der Waals surface area contributed by atoms with Crippen LogP contribution in [-0.4, -0.2) is 22.4 Å². The largest absolute Gasteiger partial charge is 0.370 e. The van der Waals surface area contributed by atoms with E-state index < -0.39 is 0 Å². The molecule has 2 rings (SSSR count). The zero-order chi connectivity index (χ0) is 15.4. The summed E-state index contributed by atoms with van der Waals surface area (Å²) in [5.74, 6) is 0.334. The van der Waals surface area contributed by atoms with Crippen molar-refractivity contribution in [1.29, 1.82) is 0 Å². The fourth-order valence-electron chi connectivity index (χ4n) is 1.91. The van der Waals surface area contributed by atoms with E-state index in [1.54, 1.807) is 6.07 Å². The van der Waals surface area contributed by atoms with Gasteiger partial charge in [-0.3, -0.25) is 9.78 Å². The third-order valence-corrected chi connectivity index (χ3v) is 3.08. The van der Waals surface area contributed by atoms with Gasteiger partial charge in [0.05, 0.1) is 11.4 Å². The van der Waals surface area contributed by atoms with Gasteiger partial charge in [-0.05, 0) is 45.0 Å². The molecule has 0 atom stereocenters. The van der Waals surface area contributed by atoms with Crippen LogP contribution < -0.4 is 10.6 Å². The monoisotopic (exact) mass is 304 g/mol. The molecule has 0 unspecified atom stereocenters. The Morgan fingerprint density at radius 2 is 2.00 bits per heavy atom. The SMILES string of the molecule is CCNc1cc(C(=O)Nc2ccc(C)nc2C)cc(Cl)n1. The number of carbonyl (C=O) groups excluding carboxylic acids is 1. The van der Waals surface area contributed by atoms with Gasteiger partial charge in [-0.25, -0.2) is 4.98 Å². The predicted octanol–water partition coefficient (Wildman–Crippen LogP) is 3.43. The molecule has 0 radical (unpaired) electrons. The van der Waals surface area contributed by atoms with Crippen LogP contribution in [0.2, 0.25) is 5.15 Å². The topological polar surface area (TPSA) is 66.9 Å². The highest BCUT2D eigenvalue weighted by atomic mass is 35.5. The van der Waals surface area contributed by atoms with Crippen molar-refractivity contribution in [2.75, 3.05) is 17.2 Å². The average Bonchev–Trinajstić information content (AvgIpc) is 2.41. The lowest BCUT2D eigenvalue weighted by Crippen LogP contribution is -2.14. The molecular weight excluding hydrogens is 288 g/mol. The number of nitrogens with zero attached hydrogens (tertiary/aromatic N) is 2. The van der Waals surface area contributed by atoms with Crippen molar-refractivity contribution < 1.29 is 4.79 Å². The number of anilines is 2. The van der Waals surface area contributed by atoms with Crippen LogP contribution >= 0.6 is 11.6 Å². The number of rotatable bonds is 4. The molecule has 0 aliphatic carbocycles. The number of amides is 1. The van der Waals surface area contributed by atoms with Crippen molar-refractivity contribution in [2.45, 2.75) is 20.8 Å². The molecule has 2 aromatic heterocycles. The van der Waals surface area contributed by atoms with Gasteiger partial charge in [0, 0.05) is 17.8 Å². The molecular formula is C15H17ClN4O. The van der Waals surface area contributed by atoms with Crippen LogP contribution in [0.1, 0.15) is 28.7 Å². The Bertz CT molecular complexity index is 673. The second-order valence-corrected chi connectivity index (χ2v) is 5.02. The maximum absolute atomic E-state index is 12.3. The number of aryl methyl sites for hydroxylation is 2. The quantitative estimate of drug-likeness (QED) is 0.849. The summed E-state index contributed by atoms with van der Waals surface area (Å²) in [6.45, 7) is 6.41. The standard InChI is InChI=1S/C15H17ClN4O/c1-4-17-14-8-11(7-13(16)20-14)15(21)19-12-6-5-9(2)18-10(12)3/h5-8H,4H2,1-3H3,(H,17,20)(H,19,21).